The van der Waals surface area contributed by atoms with Crippen LogP contribution in [-0.4, -0.2) is 18.6 Å². The molecule has 0 fully saturated rings. The van der Waals surface area contributed by atoms with Crippen LogP contribution in [0.2, 0.25) is 0 Å². The molecule has 0 aliphatic heterocycles. The summed E-state index contributed by atoms with van der Waals surface area (Å²) in [6.45, 7) is 5.24. The van der Waals surface area contributed by atoms with Crippen LogP contribution in [0.4, 0.5) is 5.69 Å². The summed E-state index contributed by atoms with van der Waals surface area (Å²) in [5, 5.41) is 0. The maximum Gasteiger partial charge on any atom is 0.153 e. The molecule has 2 aromatic rings. The SMILES string of the molecule is CCN(C)c1cccc(-c2n[c]sc2C)c1. The molecule has 0 saturated heterocycles. The summed E-state index contributed by atoms with van der Waals surface area (Å²) >= 11 is 1.57. The van der Waals surface area contributed by atoms with Crippen LogP contribution in [0.1, 0.15) is 11.8 Å². The predicted octanol–water partition coefficient (Wildman–Crippen LogP) is 3.37. The van der Waals surface area contributed by atoms with Crippen molar-refractivity contribution in [3.63, 3.8) is 0 Å². The Kier molecular flexibility index (Phi) is 3.25. The maximum absolute atomic E-state index is 4.29. The molecule has 2 rings (SSSR count). The smallest absolute Gasteiger partial charge is 0.153 e. The summed E-state index contributed by atoms with van der Waals surface area (Å²) in [6, 6.07) is 8.48. The van der Waals surface area contributed by atoms with Crippen LogP contribution < -0.4 is 4.90 Å². The van der Waals surface area contributed by atoms with E-state index in [0.717, 1.165) is 12.2 Å². The fourth-order valence-electron chi connectivity index (χ4n) is 1.61. The number of benzene rings is 1. The molecule has 0 N–H and O–H groups in total. The zero-order chi connectivity index (χ0) is 11.5. The molecule has 1 aromatic heterocycles. The van der Waals surface area contributed by atoms with E-state index >= 15 is 0 Å². The van der Waals surface area contributed by atoms with E-state index < -0.39 is 0 Å². The molecule has 1 heterocycles. The normalized spacial score (nSPS) is 10.4. The van der Waals surface area contributed by atoms with Gasteiger partial charge >= 0.3 is 0 Å². The van der Waals surface area contributed by atoms with Gasteiger partial charge in [0.05, 0.1) is 5.69 Å². The summed E-state index contributed by atoms with van der Waals surface area (Å²) < 4.78 is 0. The number of hydrogen-bond donors (Lipinski definition) is 0. The van der Waals surface area contributed by atoms with Gasteiger partial charge in [0.25, 0.3) is 0 Å². The predicted molar refractivity (Wildman–Crippen MR) is 70.1 cm³/mol. The van der Waals surface area contributed by atoms with Crippen molar-refractivity contribution >= 4 is 17.0 Å². The van der Waals surface area contributed by atoms with E-state index in [1.54, 1.807) is 11.3 Å². The Morgan fingerprint density at radius 2 is 2.25 bits per heavy atom. The summed E-state index contributed by atoms with van der Waals surface area (Å²) in [4.78, 5) is 7.72. The number of aromatic nitrogens is 1. The molecule has 2 nitrogen and oxygen atoms in total. The number of hydrogen-bond acceptors (Lipinski definition) is 3. The molecule has 0 bridgehead atoms. The molecular weight excluding hydrogens is 216 g/mol. The molecule has 1 aromatic carbocycles. The van der Waals surface area contributed by atoms with Crippen molar-refractivity contribution in [2.45, 2.75) is 13.8 Å². The molecule has 16 heavy (non-hydrogen) atoms. The molecular formula is C13H15N2S. The number of anilines is 1. The lowest BCUT2D eigenvalue weighted by molar-refractivity contribution is 0.968. The first-order valence-electron chi connectivity index (χ1n) is 5.37. The largest absolute Gasteiger partial charge is 0.375 e. The third-order valence-electron chi connectivity index (χ3n) is 2.72. The van der Waals surface area contributed by atoms with Crippen LogP contribution in [0.25, 0.3) is 11.3 Å². The minimum Gasteiger partial charge on any atom is -0.375 e. The van der Waals surface area contributed by atoms with Gasteiger partial charge in [-0.3, -0.25) is 0 Å². The summed E-state index contributed by atoms with van der Waals surface area (Å²) in [5.74, 6) is 0. The Morgan fingerprint density at radius 3 is 2.88 bits per heavy atom. The van der Waals surface area contributed by atoms with Crippen LogP contribution in [0.15, 0.2) is 24.3 Å². The number of nitrogens with zero attached hydrogens (tertiary/aromatic N) is 2. The minimum absolute atomic E-state index is 1.01. The van der Waals surface area contributed by atoms with Crippen LogP contribution in [0, 0.1) is 12.4 Å². The van der Waals surface area contributed by atoms with Crippen LogP contribution in [0.5, 0.6) is 0 Å². The van der Waals surface area contributed by atoms with E-state index in [0.29, 0.717) is 0 Å². The van der Waals surface area contributed by atoms with Crippen LogP contribution in [-0.2, 0) is 0 Å². The Hall–Kier alpha value is -1.35. The first kappa shape index (κ1) is 11.1. The van der Waals surface area contributed by atoms with E-state index in [1.165, 1.54) is 16.1 Å². The molecule has 0 atom stereocenters. The van der Waals surface area contributed by atoms with Crippen molar-refractivity contribution < 1.29 is 0 Å². The van der Waals surface area contributed by atoms with Gasteiger partial charge in [0, 0.05) is 29.7 Å². The van der Waals surface area contributed by atoms with Crippen molar-refractivity contribution in [1.82, 2.24) is 4.98 Å². The monoisotopic (exact) mass is 231 g/mol. The van der Waals surface area contributed by atoms with Gasteiger partial charge in [0.1, 0.15) is 0 Å². The van der Waals surface area contributed by atoms with Gasteiger partial charge in [-0.2, -0.15) is 0 Å². The van der Waals surface area contributed by atoms with Gasteiger partial charge in [-0.1, -0.05) is 12.1 Å². The second-order valence-electron chi connectivity index (χ2n) is 3.77. The second-order valence-corrected chi connectivity index (χ2v) is 4.77. The van der Waals surface area contributed by atoms with Gasteiger partial charge in [0.15, 0.2) is 5.51 Å². The molecule has 0 unspecified atom stereocenters. The van der Waals surface area contributed by atoms with E-state index in [2.05, 4.69) is 60.6 Å². The Morgan fingerprint density at radius 1 is 1.44 bits per heavy atom. The summed E-state index contributed by atoms with van der Waals surface area (Å²) in [7, 11) is 2.10. The molecule has 1 radical (unpaired) electrons. The Bertz CT molecular complexity index is 476. The summed E-state index contributed by atoms with van der Waals surface area (Å²) in [5.41, 5.74) is 6.39. The summed E-state index contributed by atoms with van der Waals surface area (Å²) in [6.07, 6.45) is 0. The van der Waals surface area contributed by atoms with Gasteiger partial charge < -0.3 is 4.90 Å². The molecule has 0 aliphatic rings. The van der Waals surface area contributed by atoms with E-state index in [1.807, 2.05) is 0 Å². The fraction of sp³-hybridized carbons (Fsp3) is 0.308. The van der Waals surface area contributed by atoms with Crippen molar-refractivity contribution in [3.05, 3.63) is 34.7 Å². The highest BCUT2D eigenvalue weighted by Crippen LogP contribution is 2.27. The average molecular weight is 231 g/mol. The first-order valence-corrected chi connectivity index (χ1v) is 6.19. The van der Waals surface area contributed by atoms with Crippen LogP contribution in [0.3, 0.4) is 0 Å². The molecule has 0 amide bonds. The number of aryl methyl sites for hydroxylation is 1. The molecule has 0 spiro atoms. The third kappa shape index (κ3) is 2.09. The van der Waals surface area contributed by atoms with Gasteiger partial charge in [-0.25, -0.2) is 4.98 Å². The van der Waals surface area contributed by atoms with Crippen molar-refractivity contribution in [1.29, 1.82) is 0 Å². The quantitative estimate of drug-likeness (QED) is 0.805. The number of thiazole rings is 1. The first-order chi connectivity index (χ1) is 7.72. The molecule has 0 saturated carbocycles. The maximum atomic E-state index is 4.29. The Labute approximate surface area is 101 Å². The third-order valence-corrected chi connectivity index (χ3v) is 3.41. The lowest BCUT2D eigenvalue weighted by Crippen LogP contribution is -2.15. The standard InChI is InChI=1S/C13H15N2S/c1-4-15(3)12-7-5-6-11(8-12)13-10(2)16-9-14-13/h5-8H,4H2,1-3H3. The van der Waals surface area contributed by atoms with E-state index in [9.17, 15) is 0 Å². The Balaban J connectivity index is 2.40. The molecule has 0 aliphatic carbocycles. The zero-order valence-corrected chi connectivity index (χ0v) is 10.6. The van der Waals surface area contributed by atoms with Crippen molar-refractivity contribution in [3.8, 4) is 11.3 Å². The lowest BCUT2D eigenvalue weighted by Gasteiger charge is -2.17. The minimum atomic E-state index is 1.01. The van der Waals surface area contributed by atoms with Gasteiger partial charge in [0.2, 0.25) is 0 Å². The molecule has 3 heteroatoms. The van der Waals surface area contributed by atoms with E-state index in [-0.39, 0.29) is 0 Å². The van der Waals surface area contributed by atoms with E-state index in [4.69, 9.17) is 0 Å². The van der Waals surface area contributed by atoms with Crippen molar-refractivity contribution in [2.24, 2.45) is 0 Å². The highest BCUT2D eigenvalue weighted by molar-refractivity contribution is 7.09. The van der Waals surface area contributed by atoms with Crippen molar-refractivity contribution in [2.75, 3.05) is 18.5 Å². The van der Waals surface area contributed by atoms with Gasteiger partial charge in [-0.05, 0) is 26.0 Å². The average Bonchev–Trinajstić information content (AvgIpc) is 2.74. The number of rotatable bonds is 3. The lowest BCUT2D eigenvalue weighted by atomic mass is 10.1. The molecule has 83 valence electrons. The van der Waals surface area contributed by atoms with Crippen LogP contribution >= 0.6 is 11.3 Å². The van der Waals surface area contributed by atoms with Gasteiger partial charge in [-0.15, -0.1) is 11.3 Å². The second kappa shape index (κ2) is 4.66. The highest BCUT2D eigenvalue weighted by atomic mass is 32.1. The zero-order valence-electron chi connectivity index (χ0n) is 9.82. The highest BCUT2D eigenvalue weighted by Gasteiger charge is 2.06. The fourth-order valence-corrected chi connectivity index (χ4v) is 2.14. The topological polar surface area (TPSA) is 16.1 Å².